The number of nitrogens with zero attached hydrogens (tertiary/aromatic N) is 2. The van der Waals surface area contributed by atoms with Crippen molar-refractivity contribution < 1.29 is 23.9 Å². The van der Waals surface area contributed by atoms with Gasteiger partial charge in [-0.1, -0.05) is 12.1 Å². The highest BCUT2D eigenvalue weighted by molar-refractivity contribution is 7.18. The van der Waals surface area contributed by atoms with E-state index in [4.69, 9.17) is 9.47 Å². The van der Waals surface area contributed by atoms with E-state index in [9.17, 15) is 14.4 Å². The molecule has 1 heterocycles. The second kappa shape index (κ2) is 9.29. The Hall–Kier alpha value is -3.26. The first-order chi connectivity index (χ1) is 14.0. The molecule has 0 aliphatic carbocycles. The van der Waals surface area contributed by atoms with E-state index in [0.717, 1.165) is 21.5 Å². The summed E-state index contributed by atoms with van der Waals surface area (Å²) in [6, 6.07) is 13.9. The van der Waals surface area contributed by atoms with Crippen molar-refractivity contribution in [2.75, 3.05) is 20.3 Å². The summed E-state index contributed by atoms with van der Waals surface area (Å²) in [7, 11) is 1.65. The minimum atomic E-state index is -0.654. The largest absolute Gasteiger partial charge is 0.482 e. The van der Waals surface area contributed by atoms with Gasteiger partial charge in [-0.3, -0.25) is 9.59 Å². The van der Waals surface area contributed by atoms with E-state index >= 15 is 0 Å². The number of fused-ring (bicyclic) bond motifs is 1. The zero-order valence-corrected chi connectivity index (χ0v) is 16.8. The molecule has 0 saturated carbocycles. The molecule has 1 aromatic heterocycles. The van der Waals surface area contributed by atoms with Crippen LogP contribution in [0.5, 0.6) is 5.75 Å². The molecule has 0 aliphatic rings. The average Bonchev–Trinajstić information content (AvgIpc) is 3.19. The lowest BCUT2D eigenvalue weighted by Crippen LogP contribution is -2.34. The van der Waals surface area contributed by atoms with Crippen molar-refractivity contribution in [2.45, 2.75) is 13.0 Å². The molecule has 3 aromatic rings. The lowest BCUT2D eigenvalue weighted by atomic mass is 10.2. The molecule has 0 fully saturated rings. The van der Waals surface area contributed by atoms with Gasteiger partial charge in [0.05, 0.1) is 16.3 Å². The van der Waals surface area contributed by atoms with Crippen LogP contribution in [0.1, 0.15) is 28.3 Å². The van der Waals surface area contributed by atoms with Gasteiger partial charge in [0, 0.05) is 12.6 Å². The first kappa shape index (κ1) is 20.5. The summed E-state index contributed by atoms with van der Waals surface area (Å²) < 4.78 is 11.4. The van der Waals surface area contributed by atoms with Gasteiger partial charge < -0.3 is 14.4 Å². The molecule has 0 N–H and O–H groups in total. The normalized spacial score (nSPS) is 11.7. The summed E-state index contributed by atoms with van der Waals surface area (Å²) >= 11 is 1.53. The minimum absolute atomic E-state index is 0.244. The van der Waals surface area contributed by atoms with Crippen LogP contribution in [-0.2, 0) is 14.3 Å². The fraction of sp³-hybridized carbons (Fsp3) is 0.238. The number of hydrogen-bond donors (Lipinski definition) is 0. The summed E-state index contributed by atoms with van der Waals surface area (Å²) in [6.45, 7) is 1.17. The van der Waals surface area contributed by atoms with Crippen molar-refractivity contribution in [1.82, 2.24) is 9.88 Å². The first-order valence-corrected chi connectivity index (χ1v) is 9.74. The van der Waals surface area contributed by atoms with Gasteiger partial charge in [0.25, 0.3) is 5.91 Å². The Morgan fingerprint density at radius 1 is 1.14 bits per heavy atom. The summed E-state index contributed by atoms with van der Waals surface area (Å²) in [5.41, 5.74) is 1.40. The molecule has 7 nitrogen and oxygen atoms in total. The summed E-state index contributed by atoms with van der Waals surface area (Å²) in [6.07, 6.45) is 0.718. The zero-order chi connectivity index (χ0) is 20.8. The van der Waals surface area contributed by atoms with Crippen LogP contribution in [-0.4, -0.2) is 48.3 Å². The summed E-state index contributed by atoms with van der Waals surface area (Å²) in [5, 5.41) is 0.815. The number of ether oxygens (including phenoxy) is 2. The number of carbonyl (C=O) groups is 3. The van der Waals surface area contributed by atoms with E-state index in [-0.39, 0.29) is 25.2 Å². The smallest absolute Gasteiger partial charge is 0.344 e. The predicted octanol–water partition coefficient (Wildman–Crippen LogP) is 3.25. The third kappa shape index (κ3) is 5.17. The quantitative estimate of drug-likeness (QED) is 0.417. The highest BCUT2D eigenvalue weighted by Gasteiger charge is 2.21. The van der Waals surface area contributed by atoms with Gasteiger partial charge in [0.1, 0.15) is 17.0 Å². The summed E-state index contributed by atoms with van der Waals surface area (Å²) in [4.78, 5) is 40.9. The fourth-order valence-electron chi connectivity index (χ4n) is 2.52. The number of para-hydroxylation sites is 1. The average molecular weight is 412 g/mol. The molecule has 1 atom stereocenters. The Morgan fingerprint density at radius 2 is 1.86 bits per heavy atom. The Bertz CT molecular complexity index is 982. The molecule has 0 spiro atoms. The van der Waals surface area contributed by atoms with Gasteiger partial charge >= 0.3 is 5.97 Å². The molecule has 1 amide bonds. The topological polar surface area (TPSA) is 85.8 Å². The fourth-order valence-corrected chi connectivity index (χ4v) is 3.58. The number of amides is 1. The van der Waals surface area contributed by atoms with Crippen LogP contribution in [0.3, 0.4) is 0 Å². The Morgan fingerprint density at radius 3 is 2.55 bits per heavy atom. The zero-order valence-electron chi connectivity index (χ0n) is 16.0. The number of esters is 1. The molecule has 0 radical (unpaired) electrons. The number of rotatable bonds is 8. The summed E-state index contributed by atoms with van der Waals surface area (Å²) in [5.74, 6) is -0.556. The maximum Gasteiger partial charge on any atom is 0.344 e. The van der Waals surface area contributed by atoms with Crippen molar-refractivity contribution in [2.24, 2.45) is 0 Å². The molecule has 0 unspecified atom stereocenters. The van der Waals surface area contributed by atoms with Crippen molar-refractivity contribution >= 4 is 39.7 Å². The van der Waals surface area contributed by atoms with Gasteiger partial charge in [0.15, 0.2) is 13.2 Å². The van der Waals surface area contributed by atoms with Crippen LogP contribution in [0, 0.1) is 0 Å². The Kier molecular flexibility index (Phi) is 6.56. The van der Waals surface area contributed by atoms with Gasteiger partial charge in [-0.2, -0.15) is 0 Å². The number of carbonyl (C=O) groups excluding carboxylic acids is 3. The maximum atomic E-state index is 12.4. The number of benzene rings is 2. The molecule has 8 heteroatoms. The highest BCUT2D eigenvalue weighted by Crippen LogP contribution is 2.28. The number of aldehydes is 1. The molecule has 0 saturated heterocycles. The van der Waals surface area contributed by atoms with Crippen LogP contribution in [0.25, 0.3) is 10.2 Å². The second-order valence-electron chi connectivity index (χ2n) is 6.34. The third-order valence-electron chi connectivity index (χ3n) is 4.37. The van der Waals surface area contributed by atoms with E-state index in [1.165, 1.54) is 16.2 Å². The highest BCUT2D eigenvalue weighted by atomic mass is 32.1. The molecule has 29 heavy (non-hydrogen) atoms. The number of hydrogen-bond acceptors (Lipinski definition) is 7. The molecule has 0 aliphatic heterocycles. The maximum absolute atomic E-state index is 12.4. The van der Waals surface area contributed by atoms with Gasteiger partial charge in [-0.15, -0.1) is 11.3 Å². The van der Waals surface area contributed by atoms with Gasteiger partial charge in [0.2, 0.25) is 0 Å². The Balaban J connectivity index is 1.48. The lowest BCUT2D eigenvalue weighted by Gasteiger charge is -2.23. The molecule has 3 rings (SSSR count). The van der Waals surface area contributed by atoms with E-state index in [1.807, 2.05) is 31.2 Å². The van der Waals surface area contributed by atoms with Crippen molar-refractivity contribution in [3.05, 3.63) is 59.1 Å². The first-order valence-electron chi connectivity index (χ1n) is 8.92. The molecule has 2 aromatic carbocycles. The predicted molar refractivity (Wildman–Crippen MR) is 109 cm³/mol. The van der Waals surface area contributed by atoms with E-state index in [0.29, 0.717) is 11.3 Å². The van der Waals surface area contributed by atoms with Crippen LogP contribution >= 0.6 is 11.3 Å². The number of likely N-dealkylation sites (N-methyl/N-ethyl adjacent to an activating group) is 1. The monoisotopic (exact) mass is 412 g/mol. The number of thiazole rings is 1. The molecule has 150 valence electrons. The molecule has 0 bridgehead atoms. The van der Waals surface area contributed by atoms with Gasteiger partial charge in [-0.05, 0) is 43.3 Å². The van der Waals surface area contributed by atoms with Crippen molar-refractivity contribution in [3.63, 3.8) is 0 Å². The molecular formula is C21H20N2O5S. The minimum Gasteiger partial charge on any atom is -0.482 e. The number of aromatic nitrogens is 1. The molecular weight excluding hydrogens is 392 g/mol. The van der Waals surface area contributed by atoms with E-state index in [1.54, 1.807) is 31.3 Å². The van der Waals surface area contributed by atoms with Crippen LogP contribution in [0.4, 0.5) is 0 Å². The van der Waals surface area contributed by atoms with Crippen LogP contribution in [0.15, 0.2) is 48.5 Å². The van der Waals surface area contributed by atoms with Crippen LogP contribution in [0.2, 0.25) is 0 Å². The van der Waals surface area contributed by atoms with E-state index in [2.05, 4.69) is 4.98 Å². The standard InChI is InChI=1S/C21H20N2O5S/c1-14(21-22-17-5-3-4-6-18(17)29-21)23(2)19(25)12-28-20(26)13-27-16-9-7-15(11-24)8-10-16/h3-11,14H,12-13H2,1-2H3/t14-/m1/s1. The van der Waals surface area contributed by atoms with E-state index < -0.39 is 5.97 Å². The SMILES string of the molecule is C[C@H](c1nc2ccccc2s1)N(C)C(=O)COC(=O)COc1ccc(C=O)cc1. The lowest BCUT2D eigenvalue weighted by molar-refractivity contribution is -0.153. The third-order valence-corrected chi connectivity index (χ3v) is 5.58. The Labute approximate surface area is 171 Å². The van der Waals surface area contributed by atoms with Gasteiger partial charge in [-0.25, -0.2) is 9.78 Å². The van der Waals surface area contributed by atoms with Crippen molar-refractivity contribution in [3.8, 4) is 5.75 Å². The second-order valence-corrected chi connectivity index (χ2v) is 7.40. The van der Waals surface area contributed by atoms with Crippen LogP contribution < -0.4 is 4.74 Å². The van der Waals surface area contributed by atoms with Crippen molar-refractivity contribution in [1.29, 1.82) is 0 Å².